The molecule has 1 saturated heterocycles. The van der Waals surface area contributed by atoms with E-state index < -0.39 is 0 Å². The Morgan fingerprint density at radius 1 is 1.47 bits per heavy atom. The van der Waals surface area contributed by atoms with Gasteiger partial charge in [-0.3, -0.25) is 4.79 Å². The summed E-state index contributed by atoms with van der Waals surface area (Å²) in [6, 6.07) is 0. The number of hydrogen-bond donors (Lipinski definition) is 0. The summed E-state index contributed by atoms with van der Waals surface area (Å²) in [4.78, 5) is 23.0. The van der Waals surface area contributed by atoms with Crippen molar-refractivity contribution in [1.82, 2.24) is 0 Å². The van der Waals surface area contributed by atoms with E-state index in [4.69, 9.17) is 9.78 Å². The van der Waals surface area contributed by atoms with Crippen LogP contribution in [0.25, 0.3) is 0 Å². The molecule has 1 aliphatic carbocycles. The molecule has 0 unspecified atom stereocenters. The molecule has 2 aliphatic rings. The molecule has 17 heavy (non-hydrogen) atoms. The molecule has 0 aromatic carbocycles. The maximum absolute atomic E-state index is 11.9. The summed E-state index contributed by atoms with van der Waals surface area (Å²) in [6.45, 7) is 8.47. The van der Waals surface area contributed by atoms with Crippen LogP contribution >= 0.6 is 0 Å². The first-order chi connectivity index (χ1) is 7.92. The molecule has 3 nitrogen and oxygen atoms in total. The maximum Gasteiger partial charge on any atom is 0.138 e. The van der Waals surface area contributed by atoms with E-state index in [1.54, 1.807) is 0 Å². The third-order valence-corrected chi connectivity index (χ3v) is 4.47. The predicted molar refractivity (Wildman–Crippen MR) is 65.3 cm³/mol. The summed E-state index contributed by atoms with van der Waals surface area (Å²) in [5.41, 5.74) is -0.267. The van der Waals surface area contributed by atoms with Crippen molar-refractivity contribution in [2.24, 2.45) is 17.8 Å². The molecule has 3 heteroatoms. The summed E-state index contributed by atoms with van der Waals surface area (Å²) in [5.74, 6) is 1.33. The first-order valence-electron chi connectivity index (χ1n) is 6.79. The van der Waals surface area contributed by atoms with E-state index in [0.717, 1.165) is 19.3 Å². The van der Waals surface area contributed by atoms with Gasteiger partial charge in [0.1, 0.15) is 17.5 Å². The lowest BCUT2D eigenvalue weighted by Gasteiger charge is -2.47. The normalized spacial score (nSPS) is 41.9. The lowest BCUT2D eigenvalue weighted by molar-refractivity contribution is -0.429. The molecule has 0 N–H and O–H groups in total. The lowest BCUT2D eigenvalue weighted by Crippen LogP contribution is -2.52. The average molecular weight is 240 g/mol. The van der Waals surface area contributed by atoms with Crippen LogP contribution in [0.2, 0.25) is 0 Å². The van der Waals surface area contributed by atoms with Gasteiger partial charge in [0, 0.05) is 18.3 Å². The second kappa shape index (κ2) is 4.69. The summed E-state index contributed by atoms with van der Waals surface area (Å²) >= 11 is 0. The largest absolute Gasteiger partial charge is 0.299 e. The number of fused-ring (bicyclic) bond motifs is 2. The number of hydrogen-bond acceptors (Lipinski definition) is 3. The van der Waals surface area contributed by atoms with Gasteiger partial charge in [0.05, 0.1) is 0 Å². The van der Waals surface area contributed by atoms with E-state index in [1.807, 2.05) is 6.92 Å². The zero-order valence-electron chi connectivity index (χ0n) is 11.4. The van der Waals surface area contributed by atoms with Crippen LogP contribution in [0.15, 0.2) is 0 Å². The Bertz CT molecular complexity index is 300. The zero-order valence-corrected chi connectivity index (χ0v) is 11.4. The number of carbonyl (C=O) groups excluding carboxylic acids is 1. The van der Waals surface area contributed by atoms with Gasteiger partial charge in [-0.2, -0.15) is 0 Å². The number of rotatable bonds is 3. The molecule has 0 aromatic heterocycles. The highest BCUT2D eigenvalue weighted by molar-refractivity contribution is 5.82. The van der Waals surface area contributed by atoms with E-state index in [0.29, 0.717) is 24.0 Å². The fourth-order valence-corrected chi connectivity index (χ4v) is 2.85. The third kappa shape index (κ3) is 2.55. The average Bonchev–Trinajstić information content (AvgIpc) is 2.28. The Morgan fingerprint density at radius 3 is 2.82 bits per heavy atom. The Morgan fingerprint density at radius 2 is 2.18 bits per heavy atom. The van der Waals surface area contributed by atoms with Crippen LogP contribution in [-0.2, 0) is 14.6 Å². The van der Waals surface area contributed by atoms with Gasteiger partial charge in [-0.1, -0.05) is 20.8 Å². The van der Waals surface area contributed by atoms with Gasteiger partial charge >= 0.3 is 0 Å². The van der Waals surface area contributed by atoms with Crippen LogP contribution in [0.4, 0.5) is 0 Å². The highest BCUT2D eigenvalue weighted by Crippen LogP contribution is 2.44. The van der Waals surface area contributed by atoms with Gasteiger partial charge in [-0.25, -0.2) is 9.78 Å². The molecule has 2 rings (SSSR count). The summed E-state index contributed by atoms with van der Waals surface area (Å²) < 4.78 is 0. The van der Waals surface area contributed by atoms with Crippen molar-refractivity contribution in [3.8, 4) is 0 Å². The van der Waals surface area contributed by atoms with Gasteiger partial charge in [0.2, 0.25) is 0 Å². The van der Waals surface area contributed by atoms with Crippen LogP contribution in [-0.4, -0.2) is 17.5 Å². The van der Waals surface area contributed by atoms with Crippen LogP contribution < -0.4 is 0 Å². The Hall–Kier alpha value is -0.410. The van der Waals surface area contributed by atoms with Crippen LogP contribution in [0.3, 0.4) is 0 Å². The molecule has 0 spiro atoms. The molecule has 4 atom stereocenters. The number of ketones is 1. The number of Topliss-reactive ketones (excluding diaryl/α,β-unsaturated/α-hetero) is 1. The zero-order chi connectivity index (χ0) is 12.6. The van der Waals surface area contributed by atoms with Crippen LogP contribution in [0, 0.1) is 17.8 Å². The highest BCUT2D eigenvalue weighted by atomic mass is 17.2. The SMILES string of the molecule is CC(C)CC[C@@]1(C)OO[C@@H]2C[C@H]1CC(=O)[C@@H]2C. The topological polar surface area (TPSA) is 35.5 Å². The second-order valence-electron chi connectivity index (χ2n) is 6.35. The van der Waals surface area contributed by atoms with Crippen LogP contribution in [0.5, 0.6) is 0 Å². The number of carbonyl (C=O) groups is 1. The monoisotopic (exact) mass is 240 g/mol. The molecule has 98 valence electrons. The van der Waals surface area contributed by atoms with Crippen molar-refractivity contribution in [2.75, 3.05) is 0 Å². The molecule has 0 radical (unpaired) electrons. The molecule has 1 saturated carbocycles. The van der Waals surface area contributed by atoms with E-state index in [9.17, 15) is 4.79 Å². The minimum Gasteiger partial charge on any atom is -0.299 e. The van der Waals surface area contributed by atoms with Gasteiger partial charge < -0.3 is 0 Å². The van der Waals surface area contributed by atoms with Crippen molar-refractivity contribution < 1.29 is 14.6 Å². The van der Waals surface area contributed by atoms with Gasteiger partial charge in [0.15, 0.2) is 0 Å². The maximum atomic E-state index is 11.9. The minimum absolute atomic E-state index is 0.000832. The molecule has 1 aliphatic heterocycles. The quantitative estimate of drug-likeness (QED) is 0.711. The molecule has 2 bridgehead atoms. The van der Waals surface area contributed by atoms with Crippen LogP contribution in [0.1, 0.15) is 53.4 Å². The molecular formula is C14H24O3. The fourth-order valence-electron chi connectivity index (χ4n) is 2.85. The standard InChI is InChI=1S/C14H24O3/c1-9(2)5-6-14(4)11-7-12(15)10(3)13(8-11)16-17-14/h9-11,13H,5-8H2,1-4H3/t10-,11+,13+,14+/m0/s1. The summed E-state index contributed by atoms with van der Waals surface area (Å²) in [5, 5.41) is 0. The van der Waals surface area contributed by atoms with Crippen molar-refractivity contribution >= 4 is 5.78 Å². The Balaban J connectivity index is 2.04. The molecule has 0 aromatic rings. The van der Waals surface area contributed by atoms with E-state index >= 15 is 0 Å². The Kier molecular flexibility index (Phi) is 3.60. The first-order valence-corrected chi connectivity index (χ1v) is 6.79. The fraction of sp³-hybridized carbons (Fsp3) is 0.929. The van der Waals surface area contributed by atoms with Gasteiger partial charge in [-0.15, -0.1) is 0 Å². The first kappa shape index (κ1) is 13.0. The minimum atomic E-state index is -0.267. The molecule has 1 heterocycles. The van der Waals surface area contributed by atoms with E-state index in [2.05, 4.69) is 20.8 Å². The third-order valence-electron chi connectivity index (χ3n) is 4.47. The van der Waals surface area contributed by atoms with Crippen molar-refractivity contribution in [3.05, 3.63) is 0 Å². The van der Waals surface area contributed by atoms with Gasteiger partial charge in [-0.05, 0) is 32.1 Å². The van der Waals surface area contributed by atoms with Crippen molar-refractivity contribution in [1.29, 1.82) is 0 Å². The highest BCUT2D eigenvalue weighted by Gasteiger charge is 2.49. The van der Waals surface area contributed by atoms with Gasteiger partial charge in [0.25, 0.3) is 0 Å². The smallest absolute Gasteiger partial charge is 0.138 e. The van der Waals surface area contributed by atoms with Crippen molar-refractivity contribution in [3.63, 3.8) is 0 Å². The lowest BCUT2D eigenvalue weighted by atomic mass is 9.70. The second-order valence-corrected chi connectivity index (χ2v) is 6.35. The summed E-state index contributed by atoms with van der Waals surface area (Å²) in [7, 11) is 0. The Labute approximate surface area is 104 Å². The molecular weight excluding hydrogens is 216 g/mol. The van der Waals surface area contributed by atoms with E-state index in [-0.39, 0.29) is 17.6 Å². The van der Waals surface area contributed by atoms with E-state index in [1.165, 1.54) is 0 Å². The predicted octanol–water partition coefficient (Wildman–Crippen LogP) is 3.13. The molecule has 0 amide bonds. The summed E-state index contributed by atoms with van der Waals surface area (Å²) in [6.07, 6.45) is 3.71. The molecule has 2 fully saturated rings. The van der Waals surface area contributed by atoms with Crippen molar-refractivity contribution in [2.45, 2.75) is 65.1 Å².